The number of hydrogen-bond acceptors (Lipinski definition) is 3. The molecule has 130 valence electrons. The molecule has 1 N–H and O–H groups in total. The van der Waals surface area contributed by atoms with Gasteiger partial charge in [-0.3, -0.25) is 9.59 Å². The van der Waals surface area contributed by atoms with Crippen LogP contribution in [0.4, 0.5) is 0 Å². The Morgan fingerprint density at radius 1 is 1.12 bits per heavy atom. The van der Waals surface area contributed by atoms with Crippen molar-refractivity contribution in [2.45, 2.75) is 25.7 Å². The van der Waals surface area contributed by atoms with Gasteiger partial charge in [0.15, 0.2) is 0 Å². The minimum Gasteiger partial charge on any atom is -0.497 e. The molecule has 2 aromatic rings. The normalized spacial score (nSPS) is 19.5. The van der Waals surface area contributed by atoms with Gasteiger partial charge in [0.05, 0.1) is 13.0 Å². The van der Waals surface area contributed by atoms with Crippen LogP contribution < -0.4 is 10.1 Å². The van der Waals surface area contributed by atoms with Crippen LogP contribution in [0, 0.1) is 12.8 Å². The Morgan fingerprint density at radius 2 is 1.80 bits per heavy atom. The van der Waals surface area contributed by atoms with E-state index >= 15 is 0 Å². The van der Waals surface area contributed by atoms with E-state index in [1.807, 2.05) is 55.5 Å². The summed E-state index contributed by atoms with van der Waals surface area (Å²) in [6.07, 6.45) is 0.649. The highest BCUT2D eigenvalue weighted by atomic mass is 16.5. The van der Waals surface area contributed by atoms with E-state index in [-0.39, 0.29) is 29.9 Å². The Hall–Kier alpha value is -2.62. The minimum atomic E-state index is -0.300. The average molecular weight is 337 g/mol. The fourth-order valence-corrected chi connectivity index (χ4v) is 3.35. The zero-order valence-electron chi connectivity index (χ0n) is 14.6. The number of hydrogen-bond donors (Lipinski definition) is 1. The van der Waals surface area contributed by atoms with Crippen molar-refractivity contribution in [3.05, 3.63) is 65.2 Å². The molecule has 1 aliphatic heterocycles. The maximum absolute atomic E-state index is 12.5. The summed E-state index contributed by atoms with van der Waals surface area (Å²) >= 11 is 0. The lowest BCUT2D eigenvalue weighted by molar-refractivity contribution is -0.127. The van der Waals surface area contributed by atoms with Crippen molar-refractivity contribution in [2.75, 3.05) is 13.7 Å². The van der Waals surface area contributed by atoms with Crippen molar-refractivity contribution in [3.63, 3.8) is 0 Å². The molecule has 3 rings (SSSR count). The van der Waals surface area contributed by atoms with E-state index in [1.54, 1.807) is 7.11 Å². The molecule has 4 nitrogen and oxygen atoms in total. The number of carbonyl (C=O) groups is 2. The minimum absolute atomic E-state index is 0.0281. The lowest BCUT2D eigenvalue weighted by Crippen LogP contribution is -2.23. The molecule has 0 aromatic heterocycles. The summed E-state index contributed by atoms with van der Waals surface area (Å²) in [4.78, 5) is 24.7. The summed E-state index contributed by atoms with van der Waals surface area (Å²) < 4.78 is 5.18. The van der Waals surface area contributed by atoms with Crippen molar-refractivity contribution in [2.24, 2.45) is 5.92 Å². The largest absolute Gasteiger partial charge is 0.497 e. The molecule has 0 unspecified atom stereocenters. The lowest BCUT2D eigenvalue weighted by Gasteiger charge is -2.17. The van der Waals surface area contributed by atoms with Gasteiger partial charge < -0.3 is 10.1 Å². The van der Waals surface area contributed by atoms with Gasteiger partial charge in [0.2, 0.25) is 5.91 Å². The molecule has 2 aromatic carbocycles. The molecule has 2 atom stereocenters. The molecule has 25 heavy (non-hydrogen) atoms. The number of Topliss-reactive ketones (excluding diaryl/α,β-unsaturated/α-hetero) is 1. The predicted molar refractivity (Wildman–Crippen MR) is 96.7 cm³/mol. The molecule has 0 bridgehead atoms. The average Bonchev–Trinajstić information content (AvgIpc) is 2.98. The number of nitrogens with one attached hydrogen (secondary N) is 1. The molecule has 0 aliphatic carbocycles. The SMILES string of the molecule is COc1ccc([C@@H]2CNC(=O)[C@H]2CC(=O)Cc2ccc(C)cc2)cc1. The van der Waals surface area contributed by atoms with Crippen molar-refractivity contribution < 1.29 is 14.3 Å². The van der Waals surface area contributed by atoms with E-state index in [1.165, 1.54) is 5.56 Å². The topological polar surface area (TPSA) is 55.4 Å². The summed E-state index contributed by atoms with van der Waals surface area (Å²) in [6.45, 7) is 2.60. The highest BCUT2D eigenvalue weighted by Crippen LogP contribution is 2.32. The zero-order chi connectivity index (χ0) is 17.8. The molecule has 1 amide bonds. The van der Waals surface area contributed by atoms with Gasteiger partial charge in [-0.05, 0) is 30.2 Å². The maximum Gasteiger partial charge on any atom is 0.224 e. The quantitative estimate of drug-likeness (QED) is 0.881. The van der Waals surface area contributed by atoms with Gasteiger partial charge in [-0.25, -0.2) is 0 Å². The fourth-order valence-electron chi connectivity index (χ4n) is 3.35. The highest BCUT2D eigenvalue weighted by Gasteiger charge is 2.36. The van der Waals surface area contributed by atoms with Crippen LogP contribution in [0.5, 0.6) is 5.75 Å². The van der Waals surface area contributed by atoms with Crippen LogP contribution in [-0.4, -0.2) is 25.3 Å². The number of ketones is 1. The van der Waals surface area contributed by atoms with Crippen LogP contribution >= 0.6 is 0 Å². The maximum atomic E-state index is 12.5. The first-order chi connectivity index (χ1) is 12.1. The second-order valence-corrected chi connectivity index (χ2v) is 6.64. The van der Waals surface area contributed by atoms with E-state index in [4.69, 9.17) is 4.74 Å². The number of ether oxygens (including phenoxy) is 1. The second kappa shape index (κ2) is 7.51. The first kappa shape index (κ1) is 17.2. The van der Waals surface area contributed by atoms with Crippen molar-refractivity contribution in [1.82, 2.24) is 5.32 Å². The lowest BCUT2D eigenvalue weighted by atomic mass is 9.84. The molecular formula is C21H23NO3. The summed E-state index contributed by atoms with van der Waals surface area (Å²) in [5.41, 5.74) is 3.23. The monoisotopic (exact) mass is 337 g/mol. The number of amides is 1. The number of aryl methyl sites for hydroxylation is 1. The van der Waals surface area contributed by atoms with E-state index in [9.17, 15) is 9.59 Å². The Kier molecular flexibility index (Phi) is 5.17. The van der Waals surface area contributed by atoms with E-state index in [0.717, 1.165) is 16.9 Å². The van der Waals surface area contributed by atoms with Crippen molar-refractivity contribution >= 4 is 11.7 Å². The molecule has 0 radical (unpaired) electrons. The van der Waals surface area contributed by atoms with Gasteiger partial charge >= 0.3 is 0 Å². The second-order valence-electron chi connectivity index (χ2n) is 6.64. The van der Waals surface area contributed by atoms with E-state index in [0.29, 0.717) is 13.0 Å². The van der Waals surface area contributed by atoms with Crippen molar-refractivity contribution in [3.8, 4) is 5.75 Å². The Labute approximate surface area is 148 Å². The Bertz CT molecular complexity index is 750. The number of methoxy groups -OCH3 is 1. The summed E-state index contributed by atoms with van der Waals surface area (Å²) in [6, 6.07) is 15.7. The summed E-state index contributed by atoms with van der Waals surface area (Å²) in [5.74, 6) is 0.585. The first-order valence-corrected chi connectivity index (χ1v) is 8.55. The molecule has 1 heterocycles. The van der Waals surface area contributed by atoms with E-state index in [2.05, 4.69) is 5.32 Å². The number of rotatable bonds is 6. The first-order valence-electron chi connectivity index (χ1n) is 8.55. The molecule has 1 saturated heterocycles. The van der Waals surface area contributed by atoms with Gasteiger partial charge in [0, 0.05) is 25.3 Å². The number of benzene rings is 2. The smallest absolute Gasteiger partial charge is 0.224 e. The van der Waals surface area contributed by atoms with Crippen LogP contribution in [-0.2, 0) is 16.0 Å². The molecule has 1 aliphatic rings. The molecular weight excluding hydrogens is 314 g/mol. The highest BCUT2D eigenvalue weighted by molar-refractivity contribution is 5.90. The Balaban J connectivity index is 1.68. The third-order valence-corrected chi connectivity index (χ3v) is 4.83. The fraction of sp³-hybridized carbons (Fsp3) is 0.333. The third kappa shape index (κ3) is 4.08. The number of carbonyl (C=O) groups excluding carboxylic acids is 2. The van der Waals surface area contributed by atoms with E-state index < -0.39 is 0 Å². The standard InChI is InChI=1S/C21H23NO3/c1-14-3-5-15(6-4-14)11-17(23)12-19-20(13-22-21(19)24)16-7-9-18(25-2)10-8-16/h3-10,19-20H,11-13H2,1-2H3,(H,22,24)/t19-,20-/m0/s1. The molecule has 0 spiro atoms. The van der Waals surface area contributed by atoms with Gasteiger partial charge in [-0.2, -0.15) is 0 Å². The van der Waals surface area contributed by atoms with Gasteiger partial charge in [-0.1, -0.05) is 42.0 Å². The predicted octanol–water partition coefficient (Wildman–Crippen LogP) is 3.04. The summed E-state index contributed by atoms with van der Waals surface area (Å²) in [5, 5.41) is 2.90. The van der Waals surface area contributed by atoms with Gasteiger partial charge in [0.25, 0.3) is 0 Å². The molecule has 4 heteroatoms. The zero-order valence-corrected chi connectivity index (χ0v) is 14.6. The van der Waals surface area contributed by atoms with Crippen LogP contribution in [0.2, 0.25) is 0 Å². The molecule has 1 fully saturated rings. The van der Waals surface area contributed by atoms with Crippen molar-refractivity contribution in [1.29, 1.82) is 0 Å². The van der Waals surface area contributed by atoms with Crippen LogP contribution in [0.1, 0.15) is 29.0 Å². The van der Waals surface area contributed by atoms with Crippen LogP contribution in [0.3, 0.4) is 0 Å². The third-order valence-electron chi connectivity index (χ3n) is 4.83. The summed E-state index contributed by atoms with van der Waals surface area (Å²) in [7, 11) is 1.63. The van der Waals surface area contributed by atoms with Gasteiger partial charge in [0.1, 0.15) is 11.5 Å². The van der Waals surface area contributed by atoms with Crippen LogP contribution in [0.25, 0.3) is 0 Å². The molecule has 0 saturated carbocycles. The van der Waals surface area contributed by atoms with Gasteiger partial charge in [-0.15, -0.1) is 0 Å². The van der Waals surface area contributed by atoms with Crippen LogP contribution in [0.15, 0.2) is 48.5 Å². The Morgan fingerprint density at radius 3 is 2.44 bits per heavy atom.